The second-order valence-electron chi connectivity index (χ2n) is 9.62. The van der Waals surface area contributed by atoms with Gasteiger partial charge in [-0.1, -0.05) is 13.0 Å². The van der Waals surface area contributed by atoms with Crippen LogP contribution in [0, 0.1) is 5.92 Å². The lowest BCUT2D eigenvalue weighted by molar-refractivity contribution is -0.137. The van der Waals surface area contributed by atoms with Gasteiger partial charge >= 0.3 is 12.2 Å². The van der Waals surface area contributed by atoms with E-state index >= 15 is 0 Å². The number of hydrogen-bond donors (Lipinski definition) is 1. The first-order valence-electron chi connectivity index (χ1n) is 12.0. The van der Waals surface area contributed by atoms with E-state index in [4.69, 9.17) is 9.47 Å². The van der Waals surface area contributed by atoms with E-state index in [0.29, 0.717) is 43.2 Å². The summed E-state index contributed by atoms with van der Waals surface area (Å²) >= 11 is 0. The molecular weight excluding hydrogens is 461 g/mol. The van der Waals surface area contributed by atoms with Crippen LogP contribution in [-0.2, 0) is 25.6 Å². The number of hydrogen-bond acceptors (Lipinski definition) is 5. The van der Waals surface area contributed by atoms with Crippen molar-refractivity contribution in [2.24, 2.45) is 5.92 Å². The Kier molecular flexibility index (Phi) is 6.48. The quantitative estimate of drug-likeness (QED) is 0.690. The fourth-order valence-corrected chi connectivity index (χ4v) is 4.96. The van der Waals surface area contributed by atoms with Gasteiger partial charge in [0, 0.05) is 50.5 Å². The molecule has 2 amide bonds. The minimum Gasteiger partial charge on any atom is -0.454 e. The molecule has 1 fully saturated rings. The van der Waals surface area contributed by atoms with E-state index in [1.807, 2.05) is 12.1 Å². The highest BCUT2D eigenvalue weighted by Crippen LogP contribution is 2.33. The first kappa shape index (κ1) is 23.7. The number of nitrogens with one attached hydrogen (secondary N) is 1. The Labute approximate surface area is 202 Å². The highest BCUT2D eigenvalue weighted by Gasteiger charge is 2.34. The fourth-order valence-electron chi connectivity index (χ4n) is 4.96. The van der Waals surface area contributed by atoms with Gasteiger partial charge in [-0.3, -0.25) is 4.98 Å². The number of aromatic nitrogens is 1. The number of carbonyl (C=O) groups is 1. The van der Waals surface area contributed by atoms with Crippen molar-refractivity contribution >= 4 is 6.03 Å². The molecule has 2 atom stereocenters. The summed E-state index contributed by atoms with van der Waals surface area (Å²) in [6.07, 6.45) is -1.35. The van der Waals surface area contributed by atoms with E-state index in [2.05, 4.69) is 23.3 Å². The van der Waals surface area contributed by atoms with Crippen molar-refractivity contribution < 1.29 is 27.4 Å². The molecule has 10 heteroatoms. The topological polar surface area (TPSA) is 66.9 Å². The van der Waals surface area contributed by atoms with Crippen molar-refractivity contribution in [3.63, 3.8) is 0 Å². The molecule has 188 valence electrons. The second-order valence-corrected chi connectivity index (χ2v) is 9.62. The van der Waals surface area contributed by atoms with Gasteiger partial charge in [0.05, 0.1) is 5.56 Å². The van der Waals surface area contributed by atoms with E-state index in [1.165, 1.54) is 5.56 Å². The van der Waals surface area contributed by atoms with E-state index < -0.39 is 11.7 Å². The summed E-state index contributed by atoms with van der Waals surface area (Å²) in [5.41, 5.74) is 1.54. The molecule has 35 heavy (non-hydrogen) atoms. The predicted molar refractivity (Wildman–Crippen MR) is 122 cm³/mol. The molecule has 4 heterocycles. The lowest BCUT2D eigenvalue weighted by Crippen LogP contribution is -2.46. The Bertz CT molecular complexity index is 1090. The maximum atomic E-state index is 13.1. The molecule has 1 N–H and O–H groups in total. The number of nitrogens with zero attached hydrogens (tertiary/aromatic N) is 3. The maximum Gasteiger partial charge on any atom is 0.417 e. The van der Waals surface area contributed by atoms with Crippen LogP contribution in [0.3, 0.4) is 0 Å². The smallest absolute Gasteiger partial charge is 0.417 e. The van der Waals surface area contributed by atoms with Crippen molar-refractivity contribution in [1.29, 1.82) is 0 Å². The molecule has 2 unspecified atom stereocenters. The molecule has 0 saturated carbocycles. The molecule has 5 rings (SSSR count). The number of likely N-dealkylation sites (tertiary alicyclic amines) is 1. The summed E-state index contributed by atoms with van der Waals surface area (Å²) in [7, 11) is 0. The van der Waals surface area contributed by atoms with Gasteiger partial charge < -0.3 is 24.6 Å². The summed E-state index contributed by atoms with van der Waals surface area (Å²) in [6, 6.07) is 7.23. The normalized spacial score (nSPS) is 20.2. The first-order valence-corrected chi connectivity index (χ1v) is 12.0. The lowest BCUT2D eigenvalue weighted by Gasteiger charge is -2.32. The molecule has 0 radical (unpaired) electrons. The minimum absolute atomic E-state index is 0.120. The second kappa shape index (κ2) is 9.56. The predicted octanol–water partition coefficient (Wildman–Crippen LogP) is 3.85. The zero-order valence-electron chi connectivity index (χ0n) is 19.6. The largest absolute Gasteiger partial charge is 0.454 e. The summed E-state index contributed by atoms with van der Waals surface area (Å²) < 4.78 is 50.0. The van der Waals surface area contributed by atoms with Crippen LogP contribution >= 0.6 is 0 Å². The summed E-state index contributed by atoms with van der Waals surface area (Å²) in [5.74, 6) is 1.97. The zero-order valence-corrected chi connectivity index (χ0v) is 19.6. The van der Waals surface area contributed by atoms with E-state index in [1.54, 1.807) is 9.80 Å². The molecule has 2 aromatic rings. The van der Waals surface area contributed by atoms with Crippen molar-refractivity contribution in [2.75, 3.05) is 33.0 Å². The number of carbonyl (C=O) groups excluding carboxylic acids is 1. The molecule has 0 aliphatic carbocycles. The lowest BCUT2D eigenvalue weighted by atomic mass is 10.0. The molecule has 3 aliphatic rings. The third kappa shape index (κ3) is 5.32. The van der Waals surface area contributed by atoms with Crippen LogP contribution in [0.4, 0.5) is 18.0 Å². The number of benzene rings is 1. The van der Waals surface area contributed by atoms with Crippen LogP contribution in [0.15, 0.2) is 30.5 Å². The van der Waals surface area contributed by atoms with Gasteiger partial charge in [-0.15, -0.1) is 0 Å². The fraction of sp³-hybridized carbons (Fsp3) is 0.520. The number of rotatable bonds is 5. The van der Waals surface area contributed by atoms with Crippen LogP contribution in [0.2, 0.25) is 0 Å². The number of urea groups is 1. The third-order valence-corrected chi connectivity index (χ3v) is 6.87. The highest BCUT2D eigenvalue weighted by atomic mass is 19.4. The van der Waals surface area contributed by atoms with Gasteiger partial charge in [0.2, 0.25) is 6.79 Å². The number of ether oxygens (including phenoxy) is 2. The molecule has 7 nitrogen and oxygen atoms in total. The van der Waals surface area contributed by atoms with E-state index in [9.17, 15) is 18.0 Å². The van der Waals surface area contributed by atoms with Gasteiger partial charge in [0.15, 0.2) is 11.5 Å². The SMILES string of the molecule is CC(CNC1CCN(C(=O)N2CCc3ncc(C(F)(F)F)cc3C2)C1)Cc1ccc2c(c1)OCO2. The summed E-state index contributed by atoms with van der Waals surface area (Å²) in [5, 5.41) is 3.58. The first-order chi connectivity index (χ1) is 16.8. The Morgan fingerprint density at radius 1 is 1.20 bits per heavy atom. The molecule has 0 bridgehead atoms. The third-order valence-electron chi connectivity index (χ3n) is 6.87. The number of fused-ring (bicyclic) bond motifs is 2. The molecule has 0 spiro atoms. The van der Waals surface area contributed by atoms with Crippen LogP contribution in [-0.4, -0.2) is 59.8 Å². The van der Waals surface area contributed by atoms with Gasteiger partial charge in [-0.05, 0) is 54.6 Å². The Balaban J connectivity index is 1.10. The van der Waals surface area contributed by atoms with Crippen LogP contribution < -0.4 is 14.8 Å². The van der Waals surface area contributed by atoms with Crippen LogP contribution in [0.25, 0.3) is 0 Å². The monoisotopic (exact) mass is 490 g/mol. The van der Waals surface area contributed by atoms with Crippen LogP contribution in [0.1, 0.15) is 35.7 Å². The van der Waals surface area contributed by atoms with E-state index in [-0.39, 0.29) is 25.4 Å². The number of pyridine rings is 1. The van der Waals surface area contributed by atoms with Crippen LogP contribution in [0.5, 0.6) is 11.5 Å². The summed E-state index contributed by atoms with van der Waals surface area (Å²) in [4.78, 5) is 20.5. The summed E-state index contributed by atoms with van der Waals surface area (Å²) in [6.45, 7) is 5.13. The Hall–Kier alpha value is -3.01. The van der Waals surface area contributed by atoms with Crippen molar-refractivity contribution in [2.45, 2.75) is 44.9 Å². The molecule has 1 aromatic heterocycles. The van der Waals surface area contributed by atoms with Gasteiger partial charge in [0.25, 0.3) is 0 Å². The molecular formula is C25H29F3N4O3. The Morgan fingerprint density at radius 2 is 2.03 bits per heavy atom. The molecule has 1 saturated heterocycles. The number of halogens is 3. The van der Waals surface area contributed by atoms with Crippen molar-refractivity contribution in [1.82, 2.24) is 20.1 Å². The van der Waals surface area contributed by atoms with Crippen molar-refractivity contribution in [3.05, 3.63) is 52.8 Å². The van der Waals surface area contributed by atoms with E-state index in [0.717, 1.165) is 43.1 Å². The van der Waals surface area contributed by atoms with Gasteiger partial charge in [-0.2, -0.15) is 13.2 Å². The van der Waals surface area contributed by atoms with Gasteiger partial charge in [-0.25, -0.2) is 4.79 Å². The average molecular weight is 491 g/mol. The van der Waals surface area contributed by atoms with Gasteiger partial charge in [0.1, 0.15) is 0 Å². The van der Waals surface area contributed by atoms with Crippen molar-refractivity contribution in [3.8, 4) is 11.5 Å². The number of amides is 2. The zero-order chi connectivity index (χ0) is 24.6. The maximum absolute atomic E-state index is 13.1. The average Bonchev–Trinajstić information content (AvgIpc) is 3.50. The highest BCUT2D eigenvalue weighted by molar-refractivity contribution is 5.75. The Morgan fingerprint density at radius 3 is 2.86 bits per heavy atom. The standard InChI is InChI=1S/C25H29F3N4O3/c1-16(8-17-2-3-22-23(9-17)35-15-34-22)11-29-20-4-6-32(14-20)24(33)31-7-5-21-18(13-31)10-19(12-30-21)25(26,27)28/h2-3,9-10,12,16,20,29H,4-8,11,13-15H2,1H3. The minimum atomic E-state index is -4.44. The molecule has 3 aliphatic heterocycles. The molecule has 1 aromatic carbocycles. The number of alkyl halides is 3.